The Bertz CT molecular complexity index is 781. The van der Waals surface area contributed by atoms with Crippen LogP contribution >= 0.6 is 11.6 Å². The predicted molar refractivity (Wildman–Crippen MR) is 85.2 cm³/mol. The zero-order valence-corrected chi connectivity index (χ0v) is 13.0. The average molecular weight is 315 g/mol. The summed E-state index contributed by atoms with van der Waals surface area (Å²) in [6.07, 6.45) is 1.76. The molecule has 0 spiro atoms. The van der Waals surface area contributed by atoms with Gasteiger partial charge in [0.2, 0.25) is 0 Å². The second kappa shape index (κ2) is 6.11. The maximum absolute atomic E-state index is 5.79. The fourth-order valence-corrected chi connectivity index (χ4v) is 2.23. The molecule has 0 aliphatic heterocycles. The Morgan fingerprint density at radius 2 is 2.05 bits per heavy atom. The average Bonchev–Trinajstić information content (AvgIpc) is 2.94. The van der Waals surface area contributed by atoms with E-state index in [9.17, 15) is 0 Å². The molecule has 2 aromatic heterocycles. The van der Waals surface area contributed by atoms with Crippen LogP contribution in [0.1, 0.15) is 17.0 Å². The SMILES string of the molecule is Cc1ccc(NCc2ccc(Cl)nc2)cc1-n1nnnc1C. The van der Waals surface area contributed by atoms with Gasteiger partial charge in [-0.15, -0.1) is 5.10 Å². The fraction of sp³-hybridized carbons (Fsp3) is 0.200. The molecule has 7 heteroatoms. The number of benzene rings is 1. The fourth-order valence-electron chi connectivity index (χ4n) is 2.12. The van der Waals surface area contributed by atoms with Gasteiger partial charge >= 0.3 is 0 Å². The van der Waals surface area contributed by atoms with Crippen molar-refractivity contribution in [2.75, 3.05) is 5.32 Å². The number of rotatable bonds is 4. The lowest BCUT2D eigenvalue weighted by Gasteiger charge is -2.11. The summed E-state index contributed by atoms with van der Waals surface area (Å²) in [6.45, 7) is 4.57. The monoisotopic (exact) mass is 314 g/mol. The first-order chi connectivity index (χ1) is 10.6. The second-order valence-corrected chi connectivity index (χ2v) is 5.37. The van der Waals surface area contributed by atoms with Crippen LogP contribution in [0.5, 0.6) is 0 Å². The number of hydrogen-bond acceptors (Lipinski definition) is 5. The topological polar surface area (TPSA) is 68.5 Å². The molecular weight excluding hydrogens is 300 g/mol. The van der Waals surface area contributed by atoms with E-state index in [1.54, 1.807) is 16.9 Å². The lowest BCUT2D eigenvalue weighted by molar-refractivity contribution is 0.775. The van der Waals surface area contributed by atoms with Gasteiger partial charge in [0, 0.05) is 18.4 Å². The summed E-state index contributed by atoms with van der Waals surface area (Å²) in [5.74, 6) is 0.752. The van der Waals surface area contributed by atoms with Gasteiger partial charge in [-0.3, -0.25) is 0 Å². The van der Waals surface area contributed by atoms with Gasteiger partial charge < -0.3 is 5.32 Å². The number of nitrogens with one attached hydrogen (secondary N) is 1. The maximum Gasteiger partial charge on any atom is 0.153 e. The van der Waals surface area contributed by atoms with Crippen LogP contribution in [0.2, 0.25) is 5.15 Å². The van der Waals surface area contributed by atoms with E-state index < -0.39 is 0 Å². The lowest BCUT2D eigenvalue weighted by Crippen LogP contribution is -2.05. The molecule has 2 heterocycles. The molecule has 0 aliphatic carbocycles. The Morgan fingerprint density at radius 1 is 1.18 bits per heavy atom. The molecule has 0 unspecified atom stereocenters. The van der Waals surface area contributed by atoms with Gasteiger partial charge in [0.15, 0.2) is 5.82 Å². The Hall–Kier alpha value is -2.47. The second-order valence-electron chi connectivity index (χ2n) is 4.98. The van der Waals surface area contributed by atoms with Gasteiger partial charge in [-0.25, -0.2) is 4.98 Å². The molecule has 3 rings (SSSR count). The van der Waals surface area contributed by atoms with Crippen molar-refractivity contribution in [1.29, 1.82) is 0 Å². The molecular formula is C15H15ClN6. The Labute approximate surface area is 133 Å². The number of tetrazole rings is 1. The van der Waals surface area contributed by atoms with E-state index in [1.807, 2.05) is 38.1 Å². The standard InChI is InChI=1S/C15H15ClN6/c1-10-3-5-13(7-14(10)22-11(2)19-20-21-22)17-8-12-4-6-15(16)18-9-12/h3-7,9,17H,8H2,1-2H3. The van der Waals surface area contributed by atoms with Crippen LogP contribution in [0, 0.1) is 13.8 Å². The Balaban J connectivity index is 1.80. The van der Waals surface area contributed by atoms with E-state index >= 15 is 0 Å². The van der Waals surface area contributed by atoms with Crippen LogP contribution in [0.25, 0.3) is 5.69 Å². The molecule has 0 fully saturated rings. The van der Waals surface area contributed by atoms with Crippen LogP contribution in [-0.2, 0) is 6.54 Å². The molecule has 0 saturated heterocycles. The molecule has 0 aliphatic rings. The van der Waals surface area contributed by atoms with Crippen molar-refractivity contribution < 1.29 is 0 Å². The minimum absolute atomic E-state index is 0.496. The van der Waals surface area contributed by atoms with Gasteiger partial charge in [0.05, 0.1) is 5.69 Å². The normalized spacial score (nSPS) is 10.7. The highest BCUT2D eigenvalue weighted by Crippen LogP contribution is 2.20. The van der Waals surface area contributed by atoms with Crippen molar-refractivity contribution in [3.8, 4) is 5.69 Å². The molecule has 0 saturated carbocycles. The maximum atomic E-state index is 5.79. The van der Waals surface area contributed by atoms with Gasteiger partial charge in [-0.05, 0) is 53.6 Å². The number of pyridine rings is 1. The highest BCUT2D eigenvalue weighted by molar-refractivity contribution is 6.29. The van der Waals surface area contributed by atoms with Crippen molar-refractivity contribution in [2.24, 2.45) is 0 Å². The highest BCUT2D eigenvalue weighted by atomic mass is 35.5. The summed E-state index contributed by atoms with van der Waals surface area (Å²) in [5.41, 5.74) is 4.12. The van der Waals surface area contributed by atoms with Crippen molar-refractivity contribution in [1.82, 2.24) is 25.2 Å². The van der Waals surface area contributed by atoms with Gasteiger partial charge in [0.1, 0.15) is 5.15 Å². The van der Waals surface area contributed by atoms with E-state index in [2.05, 4.69) is 25.8 Å². The van der Waals surface area contributed by atoms with Crippen LogP contribution in [0.4, 0.5) is 5.69 Å². The van der Waals surface area contributed by atoms with Crippen molar-refractivity contribution in [3.05, 3.63) is 58.6 Å². The largest absolute Gasteiger partial charge is 0.381 e. The number of hydrogen-bond donors (Lipinski definition) is 1. The van der Waals surface area contributed by atoms with Crippen LogP contribution in [-0.4, -0.2) is 25.2 Å². The summed E-state index contributed by atoms with van der Waals surface area (Å²) in [4.78, 5) is 4.07. The van der Waals surface area contributed by atoms with Crippen molar-refractivity contribution in [2.45, 2.75) is 20.4 Å². The minimum Gasteiger partial charge on any atom is -0.381 e. The molecule has 0 radical (unpaired) electrons. The summed E-state index contributed by atoms with van der Waals surface area (Å²) in [7, 11) is 0. The Kier molecular flexibility index (Phi) is 4.02. The third-order valence-corrected chi connectivity index (χ3v) is 3.57. The summed E-state index contributed by atoms with van der Waals surface area (Å²) in [6, 6.07) is 9.83. The predicted octanol–water partition coefficient (Wildman–Crippen LogP) is 2.94. The molecule has 0 bridgehead atoms. The first kappa shape index (κ1) is 14.5. The zero-order valence-electron chi connectivity index (χ0n) is 12.3. The zero-order chi connectivity index (χ0) is 15.5. The van der Waals surface area contributed by atoms with Crippen molar-refractivity contribution in [3.63, 3.8) is 0 Å². The quantitative estimate of drug-likeness (QED) is 0.750. The first-order valence-corrected chi connectivity index (χ1v) is 7.21. The van der Waals surface area contributed by atoms with E-state index in [1.165, 1.54) is 0 Å². The van der Waals surface area contributed by atoms with Crippen molar-refractivity contribution >= 4 is 17.3 Å². The summed E-state index contributed by atoms with van der Waals surface area (Å²) < 4.78 is 1.73. The van der Waals surface area contributed by atoms with Gasteiger partial charge in [0.25, 0.3) is 0 Å². The third-order valence-electron chi connectivity index (χ3n) is 3.35. The molecule has 1 aromatic carbocycles. The number of aryl methyl sites for hydroxylation is 2. The van der Waals surface area contributed by atoms with E-state index in [0.29, 0.717) is 11.7 Å². The number of halogens is 1. The highest BCUT2D eigenvalue weighted by Gasteiger charge is 2.08. The van der Waals surface area contributed by atoms with Gasteiger partial charge in [-0.1, -0.05) is 23.7 Å². The van der Waals surface area contributed by atoms with Crippen LogP contribution in [0.3, 0.4) is 0 Å². The first-order valence-electron chi connectivity index (χ1n) is 6.84. The molecule has 0 amide bonds. The number of anilines is 1. The number of aromatic nitrogens is 5. The van der Waals surface area contributed by atoms with E-state index in [-0.39, 0.29) is 0 Å². The van der Waals surface area contributed by atoms with Crippen LogP contribution in [0.15, 0.2) is 36.5 Å². The van der Waals surface area contributed by atoms with E-state index in [4.69, 9.17) is 11.6 Å². The summed E-state index contributed by atoms with van der Waals surface area (Å²) in [5, 5.41) is 15.5. The lowest BCUT2D eigenvalue weighted by atomic mass is 10.1. The van der Waals surface area contributed by atoms with Gasteiger partial charge in [-0.2, -0.15) is 4.68 Å². The van der Waals surface area contributed by atoms with Crippen LogP contribution < -0.4 is 5.32 Å². The van der Waals surface area contributed by atoms with E-state index in [0.717, 1.165) is 28.3 Å². The number of nitrogens with zero attached hydrogens (tertiary/aromatic N) is 5. The molecule has 0 atom stereocenters. The molecule has 6 nitrogen and oxygen atoms in total. The smallest absolute Gasteiger partial charge is 0.153 e. The molecule has 22 heavy (non-hydrogen) atoms. The summed E-state index contributed by atoms with van der Waals surface area (Å²) >= 11 is 5.79. The third kappa shape index (κ3) is 3.07. The Morgan fingerprint density at radius 3 is 2.73 bits per heavy atom. The molecule has 3 aromatic rings. The molecule has 1 N–H and O–H groups in total. The minimum atomic E-state index is 0.496. The molecule has 112 valence electrons.